The van der Waals surface area contributed by atoms with Crippen molar-refractivity contribution in [1.82, 2.24) is 10.7 Å². The molecule has 0 bridgehead atoms. The summed E-state index contributed by atoms with van der Waals surface area (Å²) in [7, 11) is 0. The van der Waals surface area contributed by atoms with Crippen LogP contribution in [0, 0.1) is 0 Å². The van der Waals surface area contributed by atoms with Gasteiger partial charge in [-0.1, -0.05) is 30.3 Å². The molecule has 0 fully saturated rings. The van der Waals surface area contributed by atoms with Gasteiger partial charge in [-0.05, 0) is 33.3 Å². The Balaban J connectivity index is 2.14. The molecule has 1 aromatic rings. The van der Waals surface area contributed by atoms with E-state index < -0.39 is 5.97 Å². The maximum atomic E-state index is 12.3. The fraction of sp³-hybridized carbons (Fsp3) is 0.421. The molecular weight excluding hydrogens is 334 g/mol. The van der Waals surface area contributed by atoms with Crippen molar-refractivity contribution in [3.63, 3.8) is 0 Å². The monoisotopic (exact) mass is 359 g/mol. The molecule has 0 aromatic heterocycles. The Morgan fingerprint density at radius 2 is 1.92 bits per heavy atom. The van der Waals surface area contributed by atoms with Crippen LogP contribution < -0.4 is 10.7 Å². The standard InChI is InChI=1S/C19H25N3O4/c1-5-25-18(24)16-14(12-26-17(16)20-19(2,3)4)21-22-15(23)11-13-9-7-6-8-10-13/h6-10,20H,5,11-12H2,1-4H3,(H,22,23). The Morgan fingerprint density at radius 1 is 1.23 bits per heavy atom. The molecule has 0 unspecified atom stereocenters. The molecule has 0 atom stereocenters. The van der Waals surface area contributed by atoms with Crippen LogP contribution in [0.25, 0.3) is 0 Å². The lowest BCUT2D eigenvalue weighted by atomic mass is 10.1. The number of hydrazone groups is 1. The molecule has 1 heterocycles. The number of nitrogens with one attached hydrogen (secondary N) is 2. The fourth-order valence-electron chi connectivity index (χ4n) is 2.31. The quantitative estimate of drug-likeness (QED) is 0.598. The number of esters is 1. The van der Waals surface area contributed by atoms with Crippen molar-refractivity contribution >= 4 is 17.6 Å². The number of rotatable bonds is 6. The summed E-state index contributed by atoms with van der Waals surface area (Å²) in [5, 5.41) is 7.21. The van der Waals surface area contributed by atoms with Gasteiger partial charge < -0.3 is 14.8 Å². The minimum absolute atomic E-state index is 0.0815. The molecule has 140 valence electrons. The summed E-state index contributed by atoms with van der Waals surface area (Å²) in [6.45, 7) is 7.88. The molecule has 2 N–H and O–H groups in total. The highest BCUT2D eigenvalue weighted by Crippen LogP contribution is 2.19. The maximum Gasteiger partial charge on any atom is 0.345 e. The van der Waals surface area contributed by atoms with Crippen LogP contribution >= 0.6 is 0 Å². The predicted octanol–water partition coefficient (Wildman–Crippen LogP) is 1.89. The van der Waals surface area contributed by atoms with Crippen LogP contribution in [-0.4, -0.2) is 36.3 Å². The van der Waals surface area contributed by atoms with E-state index in [9.17, 15) is 9.59 Å². The largest absolute Gasteiger partial charge is 0.472 e. The first-order valence-electron chi connectivity index (χ1n) is 8.52. The van der Waals surface area contributed by atoms with Crippen molar-refractivity contribution in [2.75, 3.05) is 13.2 Å². The topological polar surface area (TPSA) is 89.0 Å². The van der Waals surface area contributed by atoms with E-state index in [-0.39, 0.29) is 36.7 Å². The van der Waals surface area contributed by atoms with Gasteiger partial charge in [-0.15, -0.1) is 0 Å². The minimum Gasteiger partial charge on any atom is -0.472 e. The number of carbonyl (C=O) groups is 2. The lowest BCUT2D eigenvalue weighted by molar-refractivity contribution is -0.138. The molecule has 2 rings (SSSR count). The summed E-state index contributed by atoms with van der Waals surface area (Å²) in [5.74, 6) is -0.496. The average molecular weight is 359 g/mol. The molecule has 7 heteroatoms. The van der Waals surface area contributed by atoms with Gasteiger partial charge in [0.25, 0.3) is 0 Å². The Bertz CT molecular complexity index is 718. The van der Waals surface area contributed by atoms with E-state index >= 15 is 0 Å². The SMILES string of the molecule is CCOC(=O)C1=C(NC(C)(C)C)OCC1=NNC(=O)Cc1ccccc1. The highest BCUT2D eigenvalue weighted by molar-refractivity contribution is 6.22. The molecule has 0 aliphatic carbocycles. The smallest absolute Gasteiger partial charge is 0.345 e. The highest BCUT2D eigenvalue weighted by atomic mass is 16.5. The van der Waals surface area contributed by atoms with Crippen LogP contribution in [0.5, 0.6) is 0 Å². The summed E-state index contributed by atoms with van der Waals surface area (Å²) in [4.78, 5) is 24.4. The molecule has 0 saturated heterocycles. The highest BCUT2D eigenvalue weighted by Gasteiger charge is 2.32. The van der Waals surface area contributed by atoms with Crippen LogP contribution in [-0.2, 0) is 25.5 Å². The molecule has 1 aliphatic heterocycles. The second-order valence-electron chi connectivity index (χ2n) is 6.84. The van der Waals surface area contributed by atoms with Crippen LogP contribution in [0.15, 0.2) is 46.9 Å². The van der Waals surface area contributed by atoms with Crippen molar-refractivity contribution in [3.8, 4) is 0 Å². The summed E-state index contributed by atoms with van der Waals surface area (Å²) in [6.07, 6.45) is 0.198. The first kappa shape index (κ1) is 19.5. The third-order valence-electron chi connectivity index (χ3n) is 3.36. The van der Waals surface area contributed by atoms with Gasteiger partial charge in [0.05, 0.1) is 13.0 Å². The normalized spacial score (nSPS) is 15.6. The summed E-state index contributed by atoms with van der Waals surface area (Å²) >= 11 is 0. The average Bonchev–Trinajstić information content (AvgIpc) is 2.95. The third kappa shape index (κ3) is 5.61. The van der Waals surface area contributed by atoms with Gasteiger partial charge in [0, 0.05) is 5.54 Å². The zero-order valence-corrected chi connectivity index (χ0v) is 15.6. The van der Waals surface area contributed by atoms with Crippen LogP contribution in [0.2, 0.25) is 0 Å². The van der Waals surface area contributed by atoms with E-state index in [1.54, 1.807) is 6.92 Å². The van der Waals surface area contributed by atoms with Crippen LogP contribution in [0.3, 0.4) is 0 Å². The molecular formula is C19H25N3O4. The van der Waals surface area contributed by atoms with Crippen molar-refractivity contribution < 1.29 is 19.1 Å². The molecule has 0 saturated carbocycles. The van der Waals surface area contributed by atoms with E-state index in [2.05, 4.69) is 15.8 Å². The van der Waals surface area contributed by atoms with Crippen molar-refractivity contribution in [1.29, 1.82) is 0 Å². The second kappa shape index (κ2) is 8.51. The number of hydrogen-bond acceptors (Lipinski definition) is 6. The number of nitrogens with zero attached hydrogens (tertiary/aromatic N) is 1. The van der Waals surface area contributed by atoms with Crippen LogP contribution in [0.4, 0.5) is 0 Å². The van der Waals surface area contributed by atoms with Gasteiger partial charge >= 0.3 is 5.97 Å². The summed E-state index contributed by atoms with van der Waals surface area (Å²) in [5.41, 5.74) is 3.60. The van der Waals surface area contributed by atoms with E-state index in [0.717, 1.165) is 5.56 Å². The number of amides is 1. The first-order chi connectivity index (χ1) is 12.3. The summed E-state index contributed by atoms with van der Waals surface area (Å²) in [6, 6.07) is 9.34. The number of carbonyl (C=O) groups excluding carboxylic acids is 2. The molecule has 0 spiro atoms. The molecule has 1 aliphatic rings. The van der Waals surface area contributed by atoms with Crippen molar-refractivity contribution in [2.24, 2.45) is 5.10 Å². The van der Waals surface area contributed by atoms with Gasteiger partial charge in [0.2, 0.25) is 11.8 Å². The Kier molecular flexibility index (Phi) is 6.38. The number of benzene rings is 1. The Hall–Kier alpha value is -2.83. The lowest BCUT2D eigenvalue weighted by Gasteiger charge is -2.22. The number of hydrogen-bond donors (Lipinski definition) is 2. The predicted molar refractivity (Wildman–Crippen MR) is 98.2 cm³/mol. The van der Waals surface area contributed by atoms with E-state index in [1.807, 2.05) is 51.1 Å². The van der Waals surface area contributed by atoms with E-state index in [4.69, 9.17) is 9.47 Å². The first-order valence-corrected chi connectivity index (χ1v) is 8.52. The minimum atomic E-state index is -0.534. The van der Waals surface area contributed by atoms with Crippen LogP contribution in [0.1, 0.15) is 33.3 Å². The molecule has 26 heavy (non-hydrogen) atoms. The Morgan fingerprint density at radius 3 is 2.54 bits per heavy atom. The molecule has 7 nitrogen and oxygen atoms in total. The van der Waals surface area contributed by atoms with Gasteiger partial charge in [-0.25, -0.2) is 10.2 Å². The van der Waals surface area contributed by atoms with Gasteiger partial charge in [-0.3, -0.25) is 4.79 Å². The maximum absolute atomic E-state index is 12.3. The zero-order chi connectivity index (χ0) is 19.2. The van der Waals surface area contributed by atoms with E-state index in [0.29, 0.717) is 11.6 Å². The summed E-state index contributed by atoms with van der Waals surface area (Å²) < 4.78 is 10.7. The zero-order valence-electron chi connectivity index (χ0n) is 15.6. The fourth-order valence-corrected chi connectivity index (χ4v) is 2.31. The second-order valence-corrected chi connectivity index (χ2v) is 6.84. The third-order valence-corrected chi connectivity index (χ3v) is 3.36. The van der Waals surface area contributed by atoms with Crippen molar-refractivity contribution in [2.45, 2.75) is 39.7 Å². The molecule has 1 amide bonds. The lowest BCUT2D eigenvalue weighted by Crippen LogP contribution is -2.36. The Labute approximate surface area is 153 Å². The number of ether oxygens (including phenoxy) is 2. The van der Waals surface area contributed by atoms with Crippen molar-refractivity contribution in [3.05, 3.63) is 47.4 Å². The van der Waals surface area contributed by atoms with Gasteiger partial charge in [-0.2, -0.15) is 5.10 Å². The van der Waals surface area contributed by atoms with E-state index in [1.165, 1.54) is 0 Å². The molecule has 1 aromatic carbocycles. The van der Waals surface area contributed by atoms with Gasteiger partial charge in [0.15, 0.2) is 0 Å². The van der Waals surface area contributed by atoms with Gasteiger partial charge in [0.1, 0.15) is 17.9 Å². The molecule has 0 radical (unpaired) electrons.